The lowest BCUT2D eigenvalue weighted by atomic mass is 10.1. The van der Waals surface area contributed by atoms with Crippen LogP contribution in [0.25, 0.3) is 0 Å². The topological polar surface area (TPSA) is 58.6 Å². The molecule has 0 saturated heterocycles. The number of nitrogens with zero attached hydrogens (tertiary/aromatic N) is 1. The molecule has 0 unspecified atom stereocenters. The maximum absolute atomic E-state index is 12.5. The van der Waals surface area contributed by atoms with Crippen LogP contribution in [-0.2, 0) is 0 Å². The lowest BCUT2D eigenvalue weighted by molar-refractivity contribution is 0.0827. The Balaban J connectivity index is 2.37. The summed E-state index contributed by atoms with van der Waals surface area (Å²) in [5, 5.41) is 3.07. The smallest absolute Gasteiger partial charge is 0.257 e. The second-order valence-electron chi connectivity index (χ2n) is 5.19. The maximum atomic E-state index is 12.5. The van der Waals surface area contributed by atoms with Crippen LogP contribution in [0.4, 0.5) is 5.69 Å². The molecule has 0 bridgehead atoms. The Morgan fingerprint density at radius 3 is 2.50 bits per heavy atom. The van der Waals surface area contributed by atoms with E-state index in [4.69, 9.17) is 16.3 Å². The van der Waals surface area contributed by atoms with Gasteiger partial charge in [-0.2, -0.15) is 0 Å². The summed E-state index contributed by atoms with van der Waals surface area (Å²) in [7, 11) is 4.81. The van der Waals surface area contributed by atoms with Crippen molar-refractivity contribution in [3.8, 4) is 5.75 Å². The van der Waals surface area contributed by atoms with Gasteiger partial charge in [-0.1, -0.05) is 27.5 Å². The van der Waals surface area contributed by atoms with E-state index in [9.17, 15) is 9.59 Å². The molecule has 0 radical (unpaired) electrons. The highest BCUT2D eigenvalue weighted by Crippen LogP contribution is 2.28. The average molecular weight is 412 g/mol. The van der Waals surface area contributed by atoms with Gasteiger partial charge >= 0.3 is 0 Å². The number of carbonyl (C=O) groups excluding carboxylic acids is 2. The van der Waals surface area contributed by atoms with Crippen molar-refractivity contribution in [1.82, 2.24) is 4.90 Å². The van der Waals surface area contributed by atoms with E-state index in [0.717, 1.165) is 4.47 Å². The third kappa shape index (κ3) is 4.07. The molecule has 0 atom stereocenters. The van der Waals surface area contributed by atoms with Crippen LogP contribution in [-0.4, -0.2) is 37.9 Å². The van der Waals surface area contributed by atoms with Crippen molar-refractivity contribution < 1.29 is 14.3 Å². The quantitative estimate of drug-likeness (QED) is 0.825. The Morgan fingerprint density at radius 1 is 1.17 bits per heavy atom. The Kier molecular flexibility index (Phi) is 5.85. The second-order valence-corrected chi connectivity index (χ2v) is 6.52. The Morgan fingerprint density at radius 2 is 1.88 bits per heavy atom. The number of benzene rings is 2. The molecular weight excluding hydrogens is 396 g/mol. The molecule has 1 N–H and O–H groups in total. The van der Waals surface area contributed by atoms with Crippen LogP contribution in [0.3, 0.4) is 0 Å². The van der Waals surface area contributed by atoms with E-state index in [1.165, 1.54) is 12.0 Å². The summed E-state index contributed by atoms with van der Waals surface area (Å²) in [5.74, 6) is -0.118. The predicted octanol–water partition coefficient (Wildman–Crippen LogP) is 4.07. The summed E-state index contributed by atoms with van der Waals surface area (Å²) >= 11 is 9.39. The third-order valence-electron chi connectivity index (χ3n) is 3.27. The number of methoxy groups -OCH3 is 1. The Hall–Kier alpha value is -2.05. The fraction of sp³-hybridized carbons (Fsp3) is 0.176. The Bertz CT molecular complexity index is 793. The minimum absolute atomic E-state index is 0.173. The van der Waals surface area contributed by atoms with Gasteiger partial charge in [0.15, 0.2) is 0 Å². The van der Waals surface area contributed by atoms with Crippen LogP contribution >= 0.6 is 27.5 Å². The molecule has 2 aromatic carbocycles. The molecule has 0 aliphatic rings. The van der Waals surface area contributed by atoms with Crippen LogP contribution in [0.2, 0.25) is 5.02 Å². The first-order chi connectivity index (χ1) is 11.3. The van der Waals surface area contributed by atoms with Crippen molar-refractivity contribution in [1.29, 1.82) is 0 Å². The van der Waals surface area contributed by atoms with Gasteiger partial charge in [0, 0.05) is 24.1 Å². The number of anilines is 1. The van der Waals surface area contributed by atoms with Crippen LogP contribution in [0.5, 0.6) is 5.75 Å². The number of amides is 2. The van der Waals surface area contributed by atoms with E-state index < -0.39 is 5.91 Å². The monoisotopic (exact) mass is 410 g/mol. The predicted molar refractivity (Wildman–Crippen MR) is 98.1 cm³/mol. The molecule has 0 aromatic heterocycles. The van der Waals surface area contributed by atoms with Gasteiger partial charge in [0.05, 0.1) is 23.4 Å². The fourth-order valence-corrected chi connectivity index (χ4v) is 2.62. The van der Waals surface area contributed by atoms with Crippen molar-refractivity contribution in [2.75, 3.05) is 26.5 Å². The second kappa shape index (κ2) is 7.68. The number of nitrogens with one attached hydrogen (secondary N) is 1. The molecule has 126 valence electrons. The van der Waals surface area contributed by atoms with Crippen molar-refractivity contribution in [2.24, 2.45) is 0 Å². The minimum atomic E-state index is -0.394. The van der Waals surface area contributed by atoms with E-state index in [2.05, 4.69) is 21.2 Å². The van der Waals surface area contributed by atoms with Gasteiger partial charge in [0.25, 0.3) is 11.8 Å². The van der Waals surface area contributed by atoms with Gasteiger partial charge in [0.1, 0.15) is 5.75 Å². The molecule has 0 aliphatic carbocycles. The standard InChI is InChI=1S/C17H16BrClN2O3/c1-21(2)17(23)10-4-7-15(24-3)14(8-10)20-16(22)12-9-11(18)5-6-13(12)19/h4-9H,1-3H3,(H,20,22). The summed E-state index contributed by atoms with van der Waals surface area (Å²) in [6.07, 6.45) is 0. The van der Waals surface area contributed by atoms with Crippen LogP contribution < -0.4 is 10.1 Å². The van der Waals surface area contributed by atoms with Gasteiger partial charge in [-0.3, -0.25) is 9.59 Å². The van der Waals surface area contributed by atoms with Crippen LogP contribution in [0.15, 0.2) is 40.9 Å². The average Bonchev–Trinajstić information content (AvgIpc) is 2.56. The third-order valence-corrected chi connectivity index (χ3v) is 4.10. The highest BCUT2D eigenvalue weighted by molar-refractivity contribution is 9.10. The SMILES string of the molecule is COc1ccc(C(=O)N(C)C)cc1NC(=O)c1cc(Br)ccc1Cl. The summed E-state index contributed by atoms with van der Waals surface area (Å²) in [6, 6.07) is 9.85. The molecule has 24 heavy (non-hydrogen) atoms. The molecule has 7 heteroatoms. The van der Waals surface area contributed by atoms with Crippen molar-refractivity contribution in [2.45, 2.75) is 0 Å². The minimum Gasteiger partial charge on any atom is -0.495 e. The van der Waals surface area contributed by atoms with Crippen LogP contribution in [0.1, 0.15) is 20.7 Å². The number of hydrogen-bond donors (Lipinski definition) is 1. The maximum Gasteiger partial charge on any atom is 0.257 e. The molecule has 0 aliphatic heterocycles. The van der Waals surface area contributed by atoms with Gasteiger partial charge in [-0.15, -0.1) is 0 Å². The Labute approximate surface area is 153 Å². The first kappa shape index (κ1) is 18.3. The van der Waals surface area contributed by atoms with Gasteiger partial charge < -0.3 is 15.0 Å². The summed E-state index contributed by atoms with van der Waals surface area (Å²) in [6.45, 7) is 0. The number of hydrogen-bond acceptors (Lipinski definition) is 3. The number of rotatable bonds is 4. The lowest BCUT2D eigenvalue weighted by Gasteiger charge is -2.15. The van der Waals surface area contributed by atoms with E-state index >= 15 is 0 Å². The summed E-state index contributed by atoms with van der Waals surface area (Å²) in [5.41, 5.74) is 1.15. The molecule has 0 heterocycles. The number of carbonyl (C=O) groups is 2. The van der Waals surface area contributed by atoms with E-state index in [1.54, 1.807) is 50.5 Å². The molecule has 2 amide bonds. The van der Waals surface area contributed by atoms with Crippen molar-refractivity contribution in [3.63, 3.8) is 0 Å². The van der Waals surface area contributed by atoms with Crippen molar-refractivity contribution in [3.05, 3.63) is 57.0 Å². The zero-order valence-electron chi connectivity index (χ0n) is 13.4. The molecule has 0 saturated carbocycles. The van der Waals surface area contributed by atoms with E-state index in [1.807, 2.05) is 0 Å². The van der Waals surface area contributed by atoms with Gasteiger partial charge in [-0.25, -0.2) is 0 Å². The summed E-state index contributed by atoms with van der Waals surface area (Å²) < 4.78 is 5.99. The summed E-state index contributed by atoms with van der Waals surface area (Å²) in [4.78, 5) is 26.1. The highest BCUT2D eigenvalue weighted by Gasteiger charge is 2.16. The largest absolute Gasteiger partial charge is 0.495 e. The zero-order valence-corrected chi connectivity index (χ0v) is 15.7. The first-order valence-corrected chi connectivity index (χ1v) is 8.16. The normalized spacial score (nSPS) is 10.2. The molecule has 0 fully saturated rings. The molecule has 2 aromatic rings. The van der Waals surface area contributed by atoms with E-state index in [-0.39, 0.29) is 5.91 Å². The first-order valence-electron chi connectivity index (χ1n) is 6.99. The molecule has 2 rings (SSSR count). The van der Waals surface area contributed by atoms with E-state index in [0.29, 0.717) is 27.6 Å². The van der Waals surface area contributed by atoms with Gasteiger partial charge in [-0.05, 0) is 36.4 Å². The van der Waals surface area contributed by atoms with Crippen molar-refractivity contribution >= 4 is 45.0 Å². The highest BCUT2D eigenvalue weighted by atomic mass is 79.9. The number of ether oxygens (including phenoxy) is 1. The van der Waals surface area contributed by atoms with Crippen LogP contribution in [0, 0.1) is 0 Å². The molecule has 5 nitrogen and oxygen atoms in total. The molecule has 0 spiro atoms. The number of halogens is 2. The van der Waals surface area contributed by atoms with Gasteiger partial charge in [0.2, 0.25) is 0 Å². The zero-order chi connectivity index (χ0) is 17.9. The fourth-order valence-electron chi connectivity index (χ4n) is 2.06. The lowest BCUT2D eigenvalue weighted by Crippen LogP contribution is -2.22. The molecular formula is C17H16BrClN2O3.